The molecule has 34 heavy (non-hydrogen) atoms. The van der Waals surface area contributed by atoms with Crippen LogP contribution in [-0.4, -0.2) is 59.9 Å². The van der Waals surface area contributed by atoms with Crippen molar-refractivity contribution in [1.82, 2.24) is 25.3 Å². The molecule has 1 aliphatic rings. The van der Waals surface area contributed by atoms with Gasteiger partial charge in [-0.05, 0) is 31.5 Å². The van der Waals surface area contributed by atoms with Gasteiger partial charge in [0.25, 0.3) is 0 Å². The molecule has 1 N–H and O–H groups in total. The molecule has 1 saturated heterocycles. The largest absolute Gasteiger partial charge is 0.483 e. The van der Waals surface area contributed by atoms with Crippen molar-refractivity contribution < 1.29 is 9.47 Å². The van der Waals surface area contributed by atoms with Crippen LogP contribution >= 0.6 is 0 Å². The van der Waals surface area contributed by atoms with Crippen LogP contribution in [0.2, 0.25) is 0 Å². The average molecular weight is 459 g/mol. The van der Waals surface area contributed by atoms with Crippen LogP contribution in [0.3, 0.4) is 0 Å². The molecule has 3 heterocycles. The van der Waals surface area contributed by atoms with E-state index in [-0.39, 0.29) is 12.2 Å². The van der Waals surface area contributed by atoms with Crippen molar-refractivity contribution in [3.05, 3.63) is 71.5 Å². The Morgan fingerprint density at radius 3 is 2.65 bits per heavy atom. The molecule has 176 valence electrons. The Labute approximate surface area is 199 Å². The smallest absolute Gasteiger partial charge is 0.179 e. The van der Waals surface area contributed by atoms with Crippen molar-refractivity contribution in [2.24, 2.45) is 0 Å². The lowest BCUT2D eigenvalue weighted by Gasteiger charge is -2.31. The molecule has 5 rings (SSSR count). The maximum absolute atomic E-state index is 6.56. The van der Waals surface area contributed by atoms with Gasteiger partial charge in [-0.25, -0.2) is 4.68 Å². The number of nitrogens with one attached hydrogen (secondary N) is 1. The quantitative estimate of drug-likeness (QED) is 0.473. The number of ether oxygens (including phenoxy) is 2. The van der Waals surface area contributed by atoms with Crippen molar-refractivity contribution >= 4 is 16.7 Å². The third kappa shape index (κ3) is 4.22. The Balaban J connectivity index is 1.52. The van der Waals surface area contributed by atoms with E-state index in [4.69, 9.17) is 14.6 Å². The van der Waals surface area contributed by atoms with Gasteiger partial charge in [0.05, 0.1) is 29.1 Å². The molecule has 2 aromatic carbocycles. The van der Waals surface area contributed by atoms with E-state index in [9.17, 15) is 0 Å². The summed E-state index contributed by atoms with van der Waals surface area (Å²) in [7, 11) is 3.90. The first-order chi connectivity index (χ1) is 16.5. The van der Waals surface area contributed by atoms with Crippen molar-refractivity contribution in [3.63, 3.8) is 0 Å². The standard InChI is InChI=1S/C26H30N6O2/c1-17-23-18(2)32(30-24(23)26(29-28-17)31(3)4)20-11-8-12-21(15-20)34-25(19-9-6-5-7-10-19)22-16-27-13-14-33-22/h5-12,15,22,25,27H,13-14,16H2,1-4H3/t22-,25?/m1/s1. The fourth-order valence-electron chi connectivity index (χ4n) is 4.48. The van der Waals surface area contributed by atoms with Gasteiger partial charge in [-0.2, -0.15) is 10.2 Å². The minimum Gasteiger partial charge on any atom is -0.483 e. The van der Waals surface area contributed by atoms with Crippen LogP contribution in [-0.2, 0) is 4.74 Å². The summed E-state index contributed by atoms with van der Waals surface area (Å²) < 4.78 is 14.6. The number of aryl methyl sites for hydroxylation is 2. The minimum absolute atomic E-state index is 0.0729. The van der Waals surface area contributed by atoms with E-state index in [0.717, 1.165) is 58.2 Å². The first-order valence-electron chi connectivity index (χ1n) is 11.6. The van der Waals surface area contributed by atoms with E-state index in [1.165, 1.54) is 0 Å². The second-order valence-electron chi connectivity index (χ2n) is 8.78. The lowest BCUT2D eigenvalue weighted by Crippen LogP contribution is -2.43. The summed E-state index contributed by atoms with van der Waals surface area (Å²) >= 11 is 0. The Morgan fingerprint density at radius 2 is 1.91 bits per heavy atom. The van der Waals surface area contributed by atoms with E-state index in [1.54, 1.807) is 0 Å². The number of hydrogen-bond acceptors (Lipinski definition) is 7. The zero-order chi connectivity index (χ0) is 23.7. The van der Waals surface area contributed by atoms with E-state index in [2.05, 4.69) is 34.6 Å². The molecular weight excluding hydrogens is 428 g/mol. The van der Waals surface area contributed by atoms with E-state index >= 15 is 0 Å². The molecule has 0 aliphatic carbocycles. The summed E-state index contributed by atoms with van der Waals surface area (Å²) in [4.78, 5) is 1.94. The third-order valence-corrected chi connectivity index (χ3v) is 6.16. The summed E-state index contributed by atoms with van der Waals surface area (Å²) in [6, 6.07) is 18.3. The minimum atomic E-state index is -0.224. The zero-order valence-electron chi connectivity index (χ0n) is 20.0. The molecule has 0 amide bonds. The number of rotatable bonds is 6. The molecule has 1 aliphatic heterocycles. The summed E-state index contributed by atoms with van der Waals surface area (Å²) in [6.07, 6.45) is -0.297. The number of aromatic nitrogens is 4. The van der Waals surface area contributed by atoms with Crippen LogP contribution in [0.5, 0.6) is 5.75 Å². The monoisotopic (exact) mass is 458 g/mol. The summed E-state index contributed by atoms with van der Waals surface area (Å²) in [6.45, 7) is 6.31. The maximum Gasteiger partial charge on any atom is 0.179 e. The van der Waals surface area contributed by atoms with Crippen molar-refractivity contribution in [1.29, 1.82) is 0 Å². The fourth-order valence-corrected chi connectivity index (χ4v) is 4.48. The second kappa shape index (κ2) is 9.40. The van der Waals surface area contributed by atoms with Crippen LogP contribution in [0.25, 0.3) is 16.6 Å². The van der Waals surface area contributed by atoms with Crippen LogP contribution < -0.4 is 15.0 Å². The highest BCUT2D eigenvalue weighted by Gasteiger charge is 2.28. The first-order valence-corrected chi connectivity index (χ1v) is 11.6. The molecule has 8 heteroatoms. The molecule has 0 bridgehead atoms. The first kappa shape index (κ1) is 22.3. The van der Waals surface area contributed by atoms with Crippen LogP contribution in [0.4, 0.5) is 5.82 Å². The lowest BCUT2D eigenvalue weighted by molar-refractivity contribution is -0.0432. The van der Waals surface area contributed by atoms with Gasteiger partial charge >= 0.3 is 0 Å². The molecular formula is C26H30N6O2. The number of morpholine rings is 1. The zero-order valence-corrected chi connectivity index (χ0v) is 20.0. The van der Waals surface area contributed by atoms with Gasteiger partial charge in [0.1, 0.15) is 17.4 Å². The Bertz CT molecular complexity index is 1280. The molecule has 0 radical (unpaired) electrons. The van der Waals surface area contributed by atoms with E-state index < -0.39 is 0 Å². The van der Waals surface area contributed by atoms with Crippen molar-refractivity contribution in [2.45, 2.75) is 26.1 Å². The molecule has 0 saturated carbocycles. The van der Waals surface area contributed by atoms with Crippen molar-refractivity contribution in [3.8, 4) is 11.4 Å². The topological polar surface area (TPSA) is 77.3 Å². The van der Waals surface area contributed by atoms with Crippen LogP contribution in [0, 0.1) is 13.8 Å². The second-order valence-corrected chi connectivity index (χ2v) is 8.78. The number of fused-ring (bicyclic) bond motifs is 1. The van der Waals surface area contributed by atoms with Gasteiger partial charge in [-0.15, -0.1) is 5.10 Å². The molecule has 1 fully saturated rings. The Hall–Kier alpha value is -3.49. The number of nitrogens with zero attached hydrogens (tertiary/aromatic N) is 5. The predicted octanol–water partition coefficient (Wildman–Crippen LogP) is 3.61. The number of anilines is 1. The average Bonchev–Trinajstić information content (AvgIpc) is 3.21. The van der Waals surface area contributed by atoms with Crippen LogP contribution in [0.15, 0.2) is 54.6 Å². The number of benzene rings is 2. The SMILES string of the molecule is Cc1nnc(N(C)C)c2nn(-c3cccc(OC(c4ccccc4)[C@H]4CNCCO4)c3)c(C)c12. The van der Waals surface area contributed by atoms with E-state index in [0.29, 0.717) is 6.61 Å². The lowest BCUT2D eigenvalue weighted by atomic mass is 10.0. The van der Waals surface area contributed by atoms with Crippen LogP contribution in [0.1, 0.15) is 23.1 Å². The highest BCUT2D eigenvalue weighted by atomic mass is 16.5. The molecule has 2 atom stereocenters. The van der Waals surface area contributed by atoms with Gasteiger partial charge < -0.3 is 19.7 Å². The predicted molar refractivity (Wildman–Crippen MR) is 133 cm³/mol. The van der Waals surface area contributed by atoms with Crippen molar-refractivity contribution in [2.75, 3.05) is 38.7 Å². The highest BCUT2D eigenvalue weighted by molar-refractivity contribution is 5.92. The van der Waals surface area contributed by atoms with Gasteiger partial charge in [-0.1, -0.05) is 36.4 Å². The van der Waals surface area contributed by atoms with Gasteiger partial charge in [0.2, 0.25) is 0 Å². The Morgan fingerprint density at radius 1 is 1.09 bits per heavy atom. The normalized spacial score (nSPS) is 17.0. The van der Waals surface area contributed by atoms with Gasteiger partial charge in [0.15, 0.2) is 11.9 Å². The fraction of sp³-hybridized carbons (Fsp3) is 0.346. The number of hydrogen-bond donors (Lipinski definition) is 1. The maximum atomic E-state index is 6.56. The van der Waals surface area contributed by atoms with Gasteiger partial charge in [0, 0.05) is 33.3 Å². The van der Waals surface area contributed by atoms with E-state index in [1.807, 2.05) is 73.1 Å². The molecule has 0 spiro atoms. The summed E-state index contributed by atoms with van der Waals surface area (Å²) in [5.74, 6) is 1.52. The summed E-state index contributed by atoms with van der Waals surface area (Å²) in [5.41, 5.74) is 4.73. The highest BCUT2D eigenvalue weighted by Crippen LogP contribution is 2.31. The molecule has 4 aromatic rings. The third-order valence-electron chi connectivity index (χ3n) is 6.16. The molecule has 8 nitrogen and oxygen atoms in total. The molecule has 2 aromatic heterocycles. The summed E-state index contributed by atoms with van der Waals surface area (Å²) in [5, 5.41) is 18.1. The molecule has 1 unspecified atom stereocenters. The Kier molecular flexibility index (Phi) is 6.17. The van der Waals surface area contributed by atoms with Gasteiger partial charge in [-0.3, -0.25) is 0 Å².